The molecule has 0 saturated heterocycles. The van der Waals surface area contributed by atoms with Crippen LogP contribution >= 0.6 is 0 Å². The first-order valence-corrected chi connectivity index (χ1v) is 4.59. The molecule has 0 atom stereocenters. The molecule has 0 aliphatic heterocycles. The van der Waals surface area contributed by atoms with Gasteiger partial charge in [-0.15, -0.1) is 0 Å². The fourth-order valence-electron chi connectivity index (χ4n) is 1.48. The van der Waals surface area contributed by atoms with Crippen molar-refractivity contribution >= 4 is 11.0 Å². The SMILES string of the molecule is COc1cccc2cc(C)c(C)[o+]c12. The van der Waals surface area contributed by atoms with Gasteiger partial charge in [0.25, 0.3) is 0 Å². The van der Waals surface area contributed by atoms with Gasteiger partial charge in [0.2, 0.25) is 5.75 Å². The third kappa shape index (κ3) is 1.33. The Morgan fingerprint density at radius 1 is 1.21 bits per heavy atom. The standard InChI is InChI=1S/C12H13O2/c1-8-7-10-5-4-6-11(13-3)12(10)14-9(8)2/h4-7H,1-3H3/q+1. The first-order valence-electron chi connectivity index (χ1n) is 4.59. The van der Waals surface area contributed by atoms with E-state index < -0.39 is 0 Å². The molecule has 0 radical (unpaired) electrons. The molecule has 0 saturated carbocycles. The Morgan fingerprint density at radius 2 is 2.00 bits per heavy atom. The average Bonchev–Trinajstić information content (AvgIpc) is 2.19. The Hall–Kier alpha value is -1.57. The van der Waals surface area contributed by atoms with Gasteiger partial charge in [-0.3, -0.25) is 0 Å². The van der Waals surface area contributed by atoms with Gasteiger partial charge in [0, 0.05) is 5.56 Å². The van der Waals surface area contributed by atoms with Crippen LogP contribution in [0.25, 0.3) is 11.0 Å². The molecule has 2 rings (SSSR count). The van der Waals surface area contributed by atoms with Crippen molar-refractivity contribution in [1.29, 1.82) is 0 Å². The maximum absolute atomic E-state index is 5.69. The largest absolute Gasteiger partial charge is 0.488 e. The first kappa shape index (κ1) is 9.00. The summed E-state index contributed by atoms with van der Waals surface area (Å²) in [7, 11) is 1.65. The van der Waals surface area contributed by atoms with Crippen LogP contribution in [0.4, 0.5) is 0 Å². The lowest BCUT2D eigenvalue weighted by molar-refractivity contribution is 0.407. The molecule has 0 aliphatic rings. The second-order valence-corrected chi connectivity index (χ2v) is 3.36. The summed E-state index contributed by atoms with van der Waals surface area (Å²) in [5.74, 6) is 1.72. The molecule has 0 amide bonds. The second-order valence-electron chi connectivity index (χ2n) is 3.36. The molecular formula is C12H13O2+. The number of ether oxygens (including phenoxy) is 1. The van der Waals surface area contributed by atoms with Crippen molar-refractivity contribution in [1.82, 2.24) is 0 Å². The topological polar surface area (TPSA) is 20.5 Å². The number of fused-ring (bicyclic) bond motifs is 1. The monoisotopic (exact) mass is 189 g/mol. The number of hydrogen-bond donors (Lipinski definition) is 0. The van der Waals surface area contributed by atoms with E-state index in [9.17, 15) is 0 Å². The van der Waals surface area contributed by atoms with Crippen molar-refractivity contribution < 1.29 is 9.15 Å². The predicted molar refractivity (Wildman–Crippen MR) is 56.6 cm³/mol. The summed E-state index contributed by atoms with van der Waals surface area (Å²) in [6, 6.07) is 8.00. The highest BCUT2D eigenvalue weighted by atomic mass is 16.5. The summed E-state index contributed by atoms with van der Waals surface area (Å²) < 4.78 is 10.9. The molecule has 72 valence electrons. The highest BCUT2D eigenvalue weighted by molar-refractivity contribution is 5.83. The van der Waals surface area contributed by atoms with Gasteiger partial charge in [0.05, 0.1) is 19.4 Å². The lowest BCUT2D eigenvalue weighted by atomic mass is 10.1. The van der Waals surface area contributed by atoms with Gasteiger partial charge in [0.15, 0.2) is 0 Å². The van der Waals surface area contributed by atoms with Crippen molar-refractivity contribution in [3.63, 3.8) is 0 Å². The van der Waals surface area contributed by atoms with Crippen LogP contribution in [-0.4, -0.2) is 7.11 Å². The molecule has 14 heavy (non-hydrogen) atoms. The van der Waals surface area contributed by atoms with Crippen molar-refractivity contribution in [2.45, 2.75) is 13.8 Å². The Kier molecular flexibility index (Phi) is 2.12. The first-order chi connectivity index (χ1) is 6.72. The van der Waals surface area contributed by atoms with Crippen molar-refractivity contribution in [3.05, 3.63) is 35.6 Å². The van der Waals surface area contributed by atoms with Crippen LogP contribution in [0.5, 0.6) is 5.75 Å². The minimum Gasteiger partial charge on any atom is -0.488 e. The predicted octanol–water partition coefficient (Wildman–Crippen LogP) is 3.34. The van der Waals surface area contributed by atoms with E-state index in [-0.39, 0.29) is 0 Å². The number of methoxy groups -OCH3 is 1. The molecule has 0 bridgehead atoms. The molecule has 0 aliphatic carbocycles. The molecule has 1 aromatic carbocycles. The number of rotatable bonds is 1. The van der Waals surface area contributed by atoms with Gasteiger partial charge in [-0.05, 0) is 25.1 Å². The van der Waals surface area contributed by atoms with Crippen LogP contribution < -0.4 is 4.74 Å². The number of benzene rings is 1. The summed E-state index contributed by atoms with van der Waals surface area (Å²) in [6.07, 6.45) is 0. The minimum atomic E-state index is 0.783. The van der Waals surface area contributed by atoms with Crippen molar-refractivity contribution in [3.8, 4) is 5.75 Å². The van der Waals surface area contributed by atoms with Crippen LogP contribution in [-0.2, 0) is 0 Å². The normalized spacial score (nSPS) is 10.5. The van der Waals surface area contributed by atoms with Gasteiger partial charge in [-0.2, -0.15) is 0 Å². The third-order valence-corrected chi connectivity index (χ3v) is 2.41. The second kappa shape index (κ2) is 3.29. The van der Waals surface area contributed by atoms with E-state index in [0.29, 0.717) is 0 Å². The number of aryl methyl sites for hydroxylation is 2. The average molecular weight is 189 g/mol. The molecule has 2 nitrogen and oxygen atoms in total. The zero-order chi connectivity index (χ0) is 10.1. The summed E-state index contributed by atoms with van der Waals surface area (Å²) in [4.78, 5) is 0. The zero-order valence-electron chi connectivity index (χ0n) is 8.63. The van der Waals surface area contributed by atoms with Crippen molar-refractivity contribution in [2.24, 2.45) is 0 Å². The quantitative estimate of drug-likeness (QED) is 0.641. The Labute approximate surface area is 83.1 Å². The zero-order valence-corrected chi connectivity index (χ0v) is 8.63. The lowest BCUT2D eigenvalue weighted by Crippen LogP contribution is -1.87. The maximum Gasteiger partial charge on any atom is 0.401 e. The van der Waals surface area contributed by atoms with E-state index in [4.69, 9.17) is 9.15 Å². The maximum atomic E-state index is 5.69. The molecule has 1 heterocycles. The summed E-state index contributed by atoms with van der Waals surface area (Å²) >= 11 is 0. The number of para-hydroxylation sites is 1. The smallest absolute Gasteiger partial charge is 0.401 e. The lowest BCUT2D eigenvalue weighted by Gasteiger charge is -1.97. The fraction of sp³-hybridized carbons (Fsp3) is 0.250. The Morgan fingerprint density at radius 3 is 2.71 bits per heavy atom. The summed E-state index contributed by atoms with van der Waals surface area (Å²) in [6.45, 7) is 4.00. The van der Waals surface area contributed by atoms with E-state index in [1.807, 2.05) is 32.0 Å². The highest BCUT2D eigenvalue weighted by Crippen LogP contribution is 2.27. The molecule has 0 N–H and O–H groups in total. The molecule has 1 aromatic heterocycles. The minimum absolute atomic E-state index is 0.783. The Bertz CT molecular complexity index is 475. The van der Waals surface area contributed by atoms with E-state index in [1.165, 1.54) is 0 Å². The third-order valence-electron chi connectivity index (χ3n) is 2.41. The van der Waals surface area contributed by atoms with Gasteiger partial charge in [-0.1, -0.05) is 6.07 Å². The molecule has 2 aromatic rings. The number of hydrogen-bond acceptors (Lipinski definition) is 1. The van der Waals surface area contributed by atoms with Crippen molar-refractivity contribution in [2.75, 3.05) is 7.11 Å². The van der Waals surface area contributed by atoms with Gasteiger partial charge in [0.1, 0.15) is 0 Å². The molecule has 2 heteroatoms. The van der Waals surface area contributed by atoms with Gasteiger partial charge in [-0.25, -0.2) is 4.42 Å². The molecular weight excluding hydrogens is 176 g/mol. The summed E-state index contributed by atoms with van der Waals surface area (Å²) in [5, 5.41) is 1.08. The highest BCUT2D eigenvalue weighted by Gasteiger charge is 2.16. The van der Waals surface area contributed by atoms with E-state index in [2.05, 4.69) is 6.07 Å². The Balaban J connectivity index is 2.81. The van der Waals surface area contributed by atoms with Gasteiger partial charge < -0.3 is 4.74 Å². The van der Waals surface area contributed by atoms with E-state index in [1.54, 1.807) is 7.11 Å². The summed E-state index contributed by atoms with van der Waals surface area (Å²) in [5.41, 5.74) is 1.98. The molecule has 0 spiro atoms. The fourth-order valence-corrected chi connectivity index (χ4v) is 1.48. The molecule has 0 unspecified atom stereocenters. The van der Waals surface area contributed by atoms with Crippen LogP contribution in [0.1, 0.15) is 11.3 Å². The van der Waals surface area contributed by atoms with Crippen LogP contribution in [0.3, 0.4) is 0 Å². The van der Waals surface area contributed by atoms with Crippen LogP contribution in [0.2, 0.25) is 0 Å². The van der Waals surface area contributed by atoms with Gasteiger partial charge >= 0.3 is 11.3 Å². The van der Waals surface area contributed by atoms with E-state index in [0.717, 1.165) is 28.0 Å². The molecule has 0 fully saturated rings. The van der Waals surface area contributed by atoms with Crippen LogP contribution in [0.15, 0.2) is 28.7 Å². The van der Waals surface area contributed by atoms with Crippen LogP contribution in [0, 0.1) is 13.8 Å². The van der Waals surface area contributed by atoms with E-state index >= 15 is 0 Å².